The van der Waals surface area contributed by atoms with Gasteiger partial charge in [0.05, 0.1) is 0 Å². The van der Waals surface area contributed by atoms with Crippen molar-refractivity contribution in [2.24, 2.45) is 0 Å². The minimum absolute atomic E-state index is 1.11. The van der Waals surface area contributed by atoms with E-state index in [-0.39, 0.29) is 0 Å². The van der Waals surface area contributed by atoms with Crippen LogP contribution in [0.25, 0.3) is 0 Å². The highest BCUT2D eigenvalue weighted by Gasteiger charge is 2.27. The first-order valence-electron chi connectivity index (χ1n) is 65.1. The molecule has 0 spiro atoms. The van der Waals surface area contributed by atoms with Crippen molar-refractivity contribution >= 4 is 0 Å². The molecular formula is C144H234. The van der Waals surface area contributed by atoms with E-state index in [4.69, 9.17) is 0 Å². The van der Waals surface area contributed by atoms with Crippen LogP contribution >= 0.6 is 0 Å². The molecule has 7 aromatic rings. The van der Waals surface area contributed by atoms with E-state index in [0.29, 0.717) is 0 Å². The van der Waals surface area contributed by atoms with Crippen molar-refractivity contribution in [3.05, 3.63) is 246 Å². The zero-order valence-corrected chi connectivity index (χ0v) is 96.7. The van der Waals surface area contributed by atoms with Crippen molar-refractivity contribution in [1.82, 2.24) is 0 Å². The molecule has 0 fully saturated rings. The van der Waals surface area contributed by atoms with Gasteiger partial charge in [-0.25, -0.2) is 0 Å². The standard InChI is InChI=1S/C144H234/c1-7-13-19-25-31-37-43-49-55-61-67-73-79-97-127-103-85-91-109-133(127)115-121-139-140(122-116-134-110-92-86-104-128(134)98-80-74-68-62-56-50-44-38-32-26-20-14-8-2)142(124-118-136-112-94-88-106-130(136)100-82-76-70-64-58-52-46-40-34-28-22-16-10-4)144(126-120-138-114-96-90-108-132(138)102-84-78-72-66-60-54-48-42-36-30-24-18-12-6)143(125-119-137-113-95-89-107-131(137)101-83-77-71-65-59-53-47-41-35-29-23-17-11-5)141(139)123-117-135-111-93-87-105-129(135)99-81-75-69-63-57-51-45-39-33-27-21-15-9-3/h85-96,103-114H,7-84,97-102,115-126H2,1-6H3. The van der Waals surface area contributed by atoms with Gasteiger partial charge in [-0.15, -0.1) is 0 Å². The average molecular weight is 1970 g/mol. The van der Waals surface area contributed by atoms with E-state index < -0.39 is 0 Å². The predicted octanol–water partition coefficient (Wildman–Crippen LogP) is 46.2. The van der Waals surface area contributed by atoms with Crippen LogP contribution in [0, 0.1) is 0 Å². The molecule has 0 bridgehead atoms. The largest absolute Gasteiger partial charge is 0.0654 e. The van der Waals surface area contributed by atoms with E-state index in [1.54, 1.807) is 100 Å². The summed E-state index contributed by atoms with van der Waals surface area (Å²) in [5.74, 6) is 0. The van der Waals surface area contributed by atoms with Crippen molar-refractivity contribution < 1.29 is 0 Å². The summed E-state index contributed by atoms with van der Waals surface area (Å²) in [6.45, 7) is 14.1. The fourth-order valence-corrected chi connectivity index (χ4v) is 24.7. The number of hydrogen-bond acceptors (Lipinski definition) is 0. The lowest BCUT2D eigenvalue weighted by Gasteiger charge is -2.29. The van der Waals surface area contributed by atoms with Crippen LogP contribution in [0.2, 0.25) is 0 Å². The second-order valence-electron chi connectivity index (χ2n) is 46.4. The van der Waals surface area contributed by atoms with Crippen molar-refractivity contribution in [2.45, 2.75) is 658 Å². The zero-order chi connectivity index (χ0) is 101. The van der Waals surface area contributed by atoms with Gasteiger partial charge in [-0.2, -0.15) is 0 Å². The monoisotopic (exact) mass is 1960 g/mol. The van der Waals surface area contributed by atoms with Gasteiger partial charge in [-0.1, -0.05) is 649 Å². The Balaban J connectivity index is 1.35. The third kappa shape index (κ3) is 60.0. The fourth-order valence-electron chi connectivity index (χ4n) is 24.7. The summed E-state index contributed by atoms with van der Waals surface area (Å²) in [7, 11) is 0. The Kier molecular flexibility index (Phi) is 78.6. The molecule has 0 N–H and O–H groups in total. The minimum Gasteiger partial charge on any atom is -0.0654 e. The Labute approximate surface area is 897 Å². The van der Waals surface area contributed by atoms with Crippen LogP contribution in [0.4, 0.5) is 0 Å². The lowest BCUT2D eigenvalue weighted by Crippen LogP contribution is -2.19. The van der Waals surface area contributed by atoms with Crippen LogP contribution in [0.15, 0.2) is 146 Å². The van der Waals surface area contributed by atoms with Gasteiger partial charge in [0, 0.05) is 0 Å². The lowest BCUT2D eigenvalue weighted by atomic mass is 9.76. The topological polar surface area (TPSA) is 0 Å². The first-order valence-corrected chi connectivity index (χ1v) is 65.1. The minimum atomic E-state index is 1.11. The van der Waals surface area contributed by atoms with Crippen LogP contribution in [0.1, 0.15) is 643 Å². The van der Waals surface area contributed by atoms with Gasteiger partial charge >= 0.3 is 0 Å². The summed E-state index contributed by atoms with van der Waals surface area (Å²) in [5.41, 5.74) is 30.1. The second-order valence-corrected chi connectivity index (χ2v) is 46.4. The summed E-state index contributed by atoms with van der Waals surface area (Å²) < 4.78 is 0. The molecule has 0 aliphatic heterocycles. The van der Waals surface area contributed by atoms with Crippen molar-refractivity contribution in [2.75, 3.05) is 0 Å². The molecule has 7 rings (SSSR count). The maximum Gasteiger partial charge on any atom is -0.0232 e. The SMILES string of the molecule is CCCCCCCCCCCCCCCc1ccccc1CCc1c(CCc2ccccc2CCCCCCCCCCCCCCC)c(CCc2ccccc2CCCCCCCCCCCCCCC)c(CCc2ccccc2CCCCCCCCCCCCCCC)c(CCc2ccccc2CCCCCCCCCCCCCCC)c1CCc1ccccc1CCCCCCCCCCCCCCC. The van der Waals surface area contributed by atoms with Crippen molar-refractivity contribution in [3.8, 4) is 0 Å². The maximum atomic E-state index is 2.60. The number of unbranched alkanes of at least 4 members (excludes halogenated alkanes) is 72. The van der Waals surface area contributed by atoms with Gasteiger partial charge in [0.1, 0.15) is 0 Å². The molecule has 144 heavy (non-hydrogen) atoms. The molecule has 0 atom stereocenters. The summed E-state index contributed by atoms with van der Waals surface area (Å²) >= 11 is 0. The quantitative estimate of drug-likeness (QED) is 0.0333. The van der Waals surface area contributed by atoms with E-state index in [2.05, 4.69) is 187 Å². The zero-order valence-electron chi connectivity index (χ0n) is 96.7. The average Bonchev–Trinajstić information content (AvgIpc) is 0.757. The molecule has 0 heteroatoms. The Morgan fingerprint density at radius 2 is 0.160 bits per heavy atom. The van der Waals surface area contributed by atoms with Gasteiger partial charge in [-0.05, 0) is 254 Å². The van der Waals surface area contributed by atoms with E-state index in [1.807, 2.05) is 0 Å². The summed E-state index contributed by atoms with van der Waals surface area (Å²) in [5, 5.41) is 0. The van der Waals surface area contributed by atoms with Gasteiger partial charge in [0.25, 0.3) is 0 Å². The molecule has 0 aliphatic rings. The molecule has 0 saturated heterocycles. The van der Waals surface area contributed by atoms with Gasteiger partial charge in [0.2, 0.25) is 0 Å². The highest BCUT2D eigenvalue weighted by molar-refractivity contribution is 5.55. The van der Waals surface area contributed by atoms with Gasteiger partial charge in [-0.3, -0.25) is 0 Å². The normalized spacial score (nSPS) is 11.7. The van der Waals surface area contributed by atoms with Crippen LogP contribution < -0.4 is 0 Å². The third-order valence-electron chi connectivity index (χ3n) is 34.1. The highest BCUT2D eigenvalue weighted by atomic mass is 14.3. The first kappa shape index (κ1) is 125. The molecule has 0 aliphatic carbocycles. The first-order chi connectivity index (χ1) is 71.5. The summed E-state index contributed by atoms with van der Waals surface area (Å²) in [6, 6.07) is 60.0. The number of rotatable bonds is 102. The molecular weight excluding hydrogens is 1730 g/mol. The van der Waals surface area contributed by atoms with Crippen molar-refractivity contribution in [3.63, 3.8) is 0 Å². The van der Waals surface area contributed by atoms with Crippen LogP contribution in [0.3, 0.4) is 0 Å². The third-order valence-corrected chi connectivity index (χ3v) is 34.1. The molecule has 0 heterocycles. The van der Waals surface area contributed by atoms with E-state index in [1.165, 1.54) is 539 Å². The van der Waals surface area contributed by atoms with Crippen molar-refractivity contribution in [1.29, 1.82) is 0 Å². The van der Waals surface area contributed by atoms with Crippen LogP contribution in [0.5, 0.6) is 0 Å². The number of benzene rings is 7. The predicted molar refractivity (Wildman–Crippen MR) is 646 cm³/mol. The summed E-state index contributed by atoms with van der Waals surface area (Å²) in [4.78, 5) is 0. The fraction of sp³-hybridized carbons (Fsp3) is 0.708. The molecule has 7 aromatic carbocycles. The Hall–Kier alpha value is -5.46. The summed E-state index contributed by atoms with van der Waals surface area (Å²) in [6.07, 6.45) is 130. The van der Waals surface area contributed by atoms with E-state index in [0.717, 1.165) is 77.0 Å². The molecule has 0 unspecified atom stereocenters. The Morgan fingerprint density at radius 1 is 0.0833 bits per heavy atom. The molecule has 0 radical (unpaired) electrons. The number of hydrogen-bond donors (Lipinski definition) is 0. The van der Waals surface area contributed by atoms with Crippen LogP contribution in [-0.2, 0) is 116 Å². The smallest absolute Gasteiger partial charge is 0.0232 e. The molecule has 0 amide bonds. The lowest BCUT2D eigenvalue weighted by molar-refractivity contribution is 0.539. The van der Waals surface area contributed by atoms with Gasteiger partial charge in [0.15, 0.2) is 0 Å². The van der Waals surface area contributed by atoms with Crippen LogP contribution in [-0.4, -0.2) is 0 Å². The maximum absolute atomic E-state index is 2.60. The second kappa shape index (κ2) is 90.3. The molecule has 810 valence electrons. The highest BCUT2D eigenvalue weighted by Crippen LogP contribution is 2.39. The van der Waals surface area contributed by atoms with E-state index in [9.17, 15) is 0 Å². The molecule has 0 aromatic heterocycles. The van der Waals surface area contributed by atoms with Gasteiger partial charge < -0.3 is 0 Å². The Morgan fingerprint density at radius 3 is 0.250 bits per heavy atom. The Bertz CT molecular complexity index is 3370. The molecule has 0 nitrogen and oxygen atoms in total. The number of aryl methyl sites for hydroxylation is 12. The molecule has 0 saturated carbocycles. The van der Waals surface area contributed by atoms with E-state index >= 15 is 0 Å².